The van der Waals surface area contributed by atoms with Crippen molar-refractivity contribution in [3.63, 3.8) is 0 Å². The van der Waals surface area contributed by atoms with Crippen molar-refractivity contribution in [1.82, 2.24) is 10.3 Å². The topological polar surface area (TPSA) is 80.0 Å². The van der Waals surface area contributed by atoms with Crippen LogP contribution >= 0.6 is 34.5 Å². The summed E-state index contributed by atoms with van der Waals surface area (Å²) in [5, 5.41) is 3.04. The Hall–Kier alpha value is -1.34. The van der Waals surface area contributed by atoms with Crippen LogP contribution in [-0.4, -0.2) is 10.9 Å². The van der Waals surface area contributed by atoms with E-state index in [1.165, 1.54) is 23.6 Å². The van der Waals surface area contributed by atoms with E-state index in [1.54, 1.807) is 6.07 Å². The Morgan fingerprint density at radius 1 is 1.42 bits per heavy atom. The molecule has 0 aliphatic carbocycles. The molecule has 19 heavy (non-hydrogen) atoms. The standard InChI is InChI=1S/C11H10Cl2N4OS/c12-8-3-6(4-15-10(8)17-14)11(18)16-5-7-1-2-9(13)19-7/h1-4H,5,14H2,(H,15,17)(H,16,18). The van der Waals surface area contributed by atoms with Crippen molar-refractivity contribution >= 4 is 46.3 Å². The van der Waals surface area contributed by atoms with Gasteiger partial charge in [-0.25, -0.2) is 10.8 Å². The molecule has 8 heteroatoms. The van der Waals surface area contributed by atoms with Gasteiger partial charge in [0.2, 0.25) is 0 Å². The van der Waals surface area contributed by atoms with Gasteiger partial charge in [-0.15, -0.1) is 11.3 Å². The summed E-state index contributed by atoms with van der Waals surface area (Å²) in [5.41, 5.74) is 2.70. The van der Waals surface area contributed by atoms with Crippen LogP contribution in [0.25, 0.3) is 0 Å². The quantitative estimate of drug-likeness (QED) is 0.598. The Labute approximate surface area is 123 Å². The van der Waals surface area contributed by atoms with Gasteiger partial charge in [0.15, 0.2) is 5.82 Å². The minimum Gasteiger partial charge on any atom is -0.347 e. The van der Waals surface area contributed by atoms with Crippen LogP contribution in [0, 0.1) is 0 Å². The van der Waals surface area contributed by atoms with E-state index in [1.807, 2.05) is 6.07 Å². The maximum Gasteiger partial charge on any atom is 0.253 e. The van der Waals surface area contributed by atoms with E-state index in [0.717, 1.165) is 4.88 Å². The second-order valence-electron chi connectivity index (χ2n) is 3.59. The number of carbonyl (C=O) groups is 1. The molecular weight excluding hydrogens is 307 g/mol. The highest BCUT2D eigenvalue weighted by molar-refractivity contribution is 7.16. The van der Waals surface area contributed by atoms with Gasteiger partial charge >= 0.3 is 0 Å². The van der Waals surface area contributed by atoms with E-state index in [9.17, 15) is 4.79 Å². The molecule has 0 bridgehead atoms. The molecule has 100 valence electrons. The number of nitrogen functional groups attached to an aromatic ring is 1. The summed E-state index contributed by atoms with van der Waals surface area (Å²) in [6.45, 7) is 0.407. The second kappa shape index (κ2) is 6.21. The number of hydrogen-bond acceptors (Lipinski definition) is 5. The maximum absolute atomic E-state index is 11.9. The highest BCUT2D eigenvalue weighted by Gasteiger charge is 2.09. The van der Waals surface area contributed by atoms with Crippen LogP contribution in [0.1, 0.15) is 15.2 Å². The van der Waals surface area contributed by atoms with Crippen LogP contribution in [0.4, 0.5) is 5.82 Å². The molecule has 0 saturated carbocycles. The van der Waals surface area contributed by atoms with E-state index in [2.05, 4.69) is 15.7 Å². The van der Waals surface area contributed by atoms with E-state index >= 15 is 0 Å². The molecule has 0 aliphatic rings. The smallest absolute Gasteiger partial charge is 0.253 e. The van der Waals surface area contributed by atoms with Crippen LogP contribution in [0.5, 0.6) is 0 Å². The number of amides is 1. The van der Waals surface area contributed by atoms with Gasteiger partial charge in [0.05, 0.1) is 21.5 Å². The fourth-order valence-electron chi connectivity index (χ4n) is 1.38. The number of aromatic nitrogens is 1. The van der Waals surface area contributed by atoms with E-state index < -0.39 is 0 Å². The van der Waals surface area contributed by atoms with Crippen molar-refractivity contribution in [2.75, 3.05) is 5.43 Å². The zero-order chi connectivity index (χ0) is 13.8. The number of hydrogen-bond donors (Lipinski definition) is 3. The van der Waals surface area contributed by atoms with Crippen LogP contribution < -0.4 is 16.6 Å². The van der Waals surface area contributed by atoms with E-state index in [4.69, 9.17) is 29.0 Å². The average Bonchev–Trinajstić information content (AvgIpc) is 2.81. The minimum absolute atomic E-state index is 0.262. The summed E-state index contributed by atoms with van der Waals surface area (Å²) < 4.78 is 0.687. The SMILES string of the molecule is NNc1ncc(C(=O)NCc2ccc(Cl)s2)cc1Cl. The molecule has 5 nitrogen and oxygen atoms in total. The Morgan fingerprint density at radius 2 is 2.21 bits per heavy atom. The number of rotatable bonds is 4. The third-order valence-corrected chi connectivity index (χ3v) is 3.81. The lowest BCUT2D eigenvalue weighted by Gasteiger charge is -2.06. The molecule has 1 amide bonds. The predicted molar refractivity (Wildman–Crippen MR) is 77.6 cm³/mol. The zero-order valence-electron chi connectivity index (χ0n) is 9.61. The molecule has 0 spiro atoms. The first-order valence-corrected chi connectivity index (χ1v) is 6.82. The summed E-state index contributed by atoms with van der Waals surface area (Å²) >= 11 is 13.1. The third-order valence-electron chi connectivity index (χ3n) is 2.29. The van der Waals surface area contributed by atoms with Crippen LogP contribution in [0.3, 0.4) is 0 Å². The second-order valence-corrected chi connectivity index (χ2v) is 5.79. The summed E-state index contributed by atoms with van der Waals surface area (Å²) in [5.74, 6) is 5.27. The molecule has 2 aromatic heterocycles. The molecule has 0 aromatic carbocycles. The van der Waals surface area contributed by atoms with Gasteiger partial charge in [-0.3, -0.25) is 4.79 Å². The summed E-state index contributed by atoms with van der Waals surface area (Å²) in [7, 11) is 0. The molecule has 0 aliphatic heterocycles. The van der Waals surface area contributed by atoms with Gasteiger partial charge in [0.1, 0.15) is 0 Å². The number of nitrogens with one attached hydrogen (secondary N) is 2. The van der Waals surface area contributed by atoms with Crippen LogP contribution in [0.2, 0.25) is 9.36 Å². The van der Waals surface area contributed by atoms with Gasteiger partial charge in [0, 0.05) is 11.1 Å². The first-order valence-electron chi connectivity index (χ1n) is 5.24. The normalized spacial score (nSPS) is 10.3. The molecule has 2 rings (SSSR count). The summed E-state index contributed by atoms with van der Waals surface area (Å²) in [6, 6.07) is 5.15. The predicted octanol–water partition coefficient (Wildman–Crippen LogP) is 2.67. The minimum atomic E-state index is -0.262. The summed E-state index contributed by atoms with van der Waals surface area (Å²) in [4.78, 5) is 16.8. The molecule has 2 heterocycles. The number of carbonyl (C=O) groups excluding carboxylic acids is 1. The van der Waals surface area contributed by atoms with Crippen molar-refractivity contribution in [3.8, 4) is 0 Å². The molecule has 0 saturated heterocycles. The Balaban J connectivity index is 2.01. The lowest BCUT2D eigenvalue weighted by molar-refractivity contribution is 0.0951. The Kier molecular flexibility index (Phi) is 4.60. The first kappa shape index (κ1) is 14.1. The molecule has 0 unspecified atom stereocenters. The molecule has 0 radical (unpaired) electrons. The number of anilines is 1. The number of halogens is 2. The lowest BCUT2D eigenvalue weighted by atomic mass is 10.2. The number of thiophene rings is 1. The van der Waals surface area contributed by atoms with Crippen molar-refractivity contribution < 1.29 is 4.79 Å². The van der Waals surface area contributed by atoms with E-state index in [0.29, 0.717) is 22.3 Å². The van der Waals surface area contributed by atoms with Crippen molar-refractivity contribution in [1.29, 1.82) is 0 Å². The van der Waals surface area contributed by atoms with Gasteiger partial charge in [0.25, 0.3) is 5.91 Å². The molecule has 0 atom stereocenters. The highest BCUT2D eigenvalue weighted by Crippen LogP contribution is 2.21. The highest BCUT2D eigenvalue weighted by atomic mass is 35.5. The fraction of sp³-hybridized carbons (Fsp3) is 0.0909. The number of nitrogens with two attached hydrogens (primary N) is 1. The number of nitrogens with zero attached hydrogens (tertiary/aromatic N) is 1. The van der Waals surface area contributed by atoms with Gasteiger partial charge < -0.3 is 10.7 Å². The Bertz CT molecular complexity index is 602. The average molecular weight is 317 g/mol. The summed E-state index contributed by atoms with van der Waals surface area (Å²) in [6.07, 6.45) is 1.40. The van der Waals surface area contributed by atoms with Crippen molar-refractivity contribution in [2.45, 2.75) is 6.54 Å². The lowest BCUT2D eigenvalue weighted by Crippen LogP contribution is -2.22. The van der Waals surface area contributed by atoms with Gasteiger partial charge in [-0.05, 0) is 18.2 Å². The van der Waals surface area contributed by atoms with E-state index in [-0.39, 0.29) is 10.9 Å². The molecule has 2 aromatic rings. The molecule has 4 N–H and O–H groups in total. The number of pyridine rings is 1. The van der Waals surface area contributed by atoms with Crippen LogP contribution in [0.15, 0.2) is 24.4 Å². The zero-order valence-corrected chi connectivity index (χ0v) is 11.9. The monoisotopic (exact) mass is 316 g/mol. The third kappa shape index (κ3) is 3.57. The molecular formula is C11H10Cl2N4OS. The molecule has 0 fully saturated rings. The maximum atomic E-state index is 11.9. The van der Waals surface area contributed by atoms with Crippen molar-refractivity contribution in [2.24, 2.45) is 5.84 Å². The van der Waals surface area contributed by atoms with Gasteiger partial charge in [-0.1, -0.05) is 23.2 Å². The Morgan fingerprint density at radius 3 is 2.79 bits per heavy atom. The van der Waals surface area contributed by atoms with Crippen molar-refractivity contribution in [3.05, 3.63) is 44.2 Å². The van der Waals surface area contributed by atoms with Crippen LogP contribution in [-0.2, 0) is 6.54 Å². The number of hydrazine groups is 1. The first-order chi connectivity index (χ1) is 9.10. The van der Waals surface area contributed by atoms with Gasteiger partial charge in [-0.2, -0.15) is 0 Å². The largest absolute Gasteiger partial charge is 0.347 e. The fourth-order valence-corrected chi connectivity index (χ4v) is 2.63.